The fourth-order valence-electron chi connectivity index (χ4n) is 3.86. The van der Waals surface area contributed by atoms with Crippen LogP contribution in [-0.2, 0) is 0 Å². The highest BCUT2D eigenvalue weighted by molar-refractivity contribution is 5.72. The van der Waals surface area contributed by atoms with E-state index in [0.29, 0.717) is 0 Å². The maximum atomic E-state index is 4.42. The smallest absolute Gasteiger partial charge is 0.138 e. The molecule has 0 N–H and O–H groups in total. The highest BCUT2D eigenvalue weighted by Gasteiger charge is 2.14. The van der Waals surface area contributed by atoms with Crippen LogP contribution in [0, 0.1) is 0 Å². The summed E-state index contributed by atoms with van der Waals surface area (Å²) in [5.41, 5.74) is 2.08. The first-order valence-electron chi connectivity index (χ1n) is 12.2. The second kappa shape index (κ2) is 12.6. The molecule has 0 atom stereocenters. The number of nitrogens with zero attached hydrogens (tertiary/aromatic N) is 6. The monoisotopic (exact) mass is 494 g/mol. The van der Waals surface area contributed by atoms with Gasteiger partial charge in [0.15, 0.2) is 0 Å². The SMILES string of the molecule is c1ccc(N(c2ccccn2)c2ccccn2)cc1.c1ccc(N(c2ccccn2)c2ccccn2)cc1. The molecule has 184 valence electrons. The minimum Gasteiger partial charge on any atom is -0.279 e. The van der Waals surface area contributed by atoms with Crippen LogP contribution in [0.25, 0.3) is 0 Å². The molecule has 0 aliphatic rings. The lowest BCUT2D eigenvalue weighted by molar-refractivity contribution is 1.12. The van der Waals surface area contributed by atoms with Gasteiger partial charge in [-0.1, -0.05) is 60.7 Å². The van der Waals surface area contributed by atoms with Gasteiger partial charge in [-0.3, -0.25) is 9.80 Å². The Kier molecular flexibility index (Phi) is 8.04. The number of benzene rings is 2. The van der Waals surface area contributed by atoms with E-state index in [-0.39, 0.29) is 0 Å². The Bertz CT molecular complexity index is 1180. The van der Waals surface area contributed by atoms with E-state index in [1.807, 2.05) is 143 Å². The first kappa shape index (κ1) is 24.3. The van der Waals surface area contributed by atoms with E-state index in [2.05, 4.69) is 19.9 Å². The molecule has 6 nitrogen and oxygen atoms in total. The Hall–Kier alpha value is -5.36. The van der Waals surface area contributed by atoms with Crippen LogP contribution in [0.5, 0.6) is 0 Å². The summed E-state index contributed by atoms with van der Waals surface area (Å²) in [6.07, 6.45) is 7.14. The summed E-state index contributed by atoms with van der Waals surface area (Å²) >= 11 is 0. The topological polar surface area (TPSA) is 58.0 Å². The molecule has 0 unspecified atom stereocenters. The van der Waals surface area contributed by atoms with Crippen molar-refractivity contribution in [3.8, 4) is 0 Å². The summed E-state index contributed by atoms with van der Waals surface area (Å²) in [6, 6.07) is 43.6. The Morgan fingerprint density at radius 1 is 0.289 bits per heavy atom. The summed E-state index contributed by atoms with van der Waals surface area (Å²) in [6.45, 7) is 0. The van der Waals surface area contributed by atoms with Crippen molar-refractivity contribution in [2.45, 2.75) is 0 Å². The first-order chi connectivity index (χ1) is 18.9. The fraction of sp³-hybridized carbons (Fsp3) is 0. The molecule has 2 aromatic carbocycles. The molecule has 0 bridgehead atoms. The van der Waals surface area contributed by atoms with Crippen LogP contribution in [0.15, 0.2) is 158 Å². The molecule has 38 heavy (non-hydrogen) atoms. The van der Waals surface area contributed by atoms with Gasteiger partial charge in [0.1, 0.15) is 23.3 Å². The highest BCUT2D eigenvalue weighted by atomic mass is 15.2. The second-order valence-corrected chi connectivity index (χ2v) is 8.09. The van der Waals surface area contributed by atoms with Crippen LogP contribution in [0.2, 0.25) is 0 Å². The van der Waals surface area contributed by atoms with Crippen molar-refractivity contribution in [3.63, 3.8) is 0 Å². The molecule has 6 aromatic rings. The van der Waals surface area contributed by atoms with Crippen molar-refractivity contribution in [3.05, 3.63) is 158 Å². The van der Waals surface area contributed by atoms with E-state index in [9.17, 15) is 0 Å². The average molecular weight is 495 g/mol. The molecule has 6 heteroatoms. The van der Waals surface area contributed by atoms with Crippen LogP contribution >= 0.6 is 0 Å². The molecule has 0 aliphatic heterocycles. The third kappa shape index (κ3) is 6.06. The van der Waals surface area contributed by atoms with Gasteiger partial charge in [0, 0.05) is 36.2 Å². The van der Waals surface area contributed by atoms with Crippen LogP contribution in [0.4, 0.5) is 34.6 Å². The average Bonchev–Trinajstić information content (AvgIpc) is 3.01. The van der Waals surface area contributed by atoms with E-state index >= 15 is 0 Å². The molecule has 0 aliphatic carbocycles. The zero-order chi connectivity index (χ0) is 25.8. The minimum atomic E-state index is 0.854. The predicted molar refractivity (Wildman–Crippen MR) is 153 cm³/mol. The second-order valence-electron chi connectivity index (χ2n) is 8.09. The molecule has 0 saturated carbocycles. The zero-order valence-electron chi connectivity index (χ0n) is 20.7. The zero-order valence-corrected chi connectivity index (χ0v) is 20.7. The highest BCUT2D eigenvalue weighted by Crippen LogP contribution is 2.31. The van der Waals surface area contributed by atoms with E-state index in [0.717, 1.165) is 34.6 Å². The number of anilines is 6. The van der Waals surface area contributed by atoms with Gasteiger partial charge in [-0.15, -0.1) is 0 Å². The quantitative estimate of drug-likeness (QED) is 0.235. The van der Waals surface area contributed by atoms with Crippen LogP contribution in [0.1, 0.15) is 0 Å². The normalized spacial score (nSPS) is 10.1. The Morgan fingerprint density at radius 2 is 0.553 bits per heavy atom. The van der Waals surface area contributed by atoms with E-state index in [4.69, 9.17) is 0 Å². The van der Waals surface area contributed by atoms with E-state index < -0.39 is 0 Å². The third-order valence-electron chi connectivity index (χ3n) is 5.54. The number of hydrogen-bond acceptors (Lipinski definition) is 6. The van der Waals surface area contributed by atoms with Gasteiger partial charge < -0.3 is 0 Å². The van der Waals surface area contributed by atoms with Crippen molar-refractivity contribution in [2.75, 3.05) is 9.80 Å². The maximum absolute atomic E-state index is 4.42. The number of pyridine rings is 4. The van der Waals surface area contributed by atoms with E-state index in [1.165, 1.54) is 0 Å². The van der Waals surface area contributed by atoms with Gasteiger partial charge in [0.2, 0.25) is 0 Å². The Balaban J connectivity index is 0.000000155. The lowest BCUT2D eigenvalue weighted by atomic mass is 10.2. The number of hydrogen-bond donors (Lipinski definition) is 0. The first-order valence-corrected chi connectivity index (χ1v) is 12.2. The molecular weight excluding hydrogens is 468 g/mol. The molecule has 4 heterocycles. The van der Waals surface area contributed by atoms with Crippen molar-refractivity contribution in [1.82, 2.24) is 19.9 Å². The van der Waals surface area contributed by atoms with Gasteiger partial charge in [-0.05, 0) is 72.8 Å². The van der Waals surface area contributed by atoms with Crippen molar-refractivity contribution < 1.29 is 0 Å². The molecule has 6 rings (SSSR count). The molecule has 0 amide bonds. The minimum absolute atomic E-state index is 0.854. The lowest BCUT2D eigenvalue weighted by Crippen LogP contribution is -2.12. The van der Waals surface area contributed by atoms with Crippen molar-refractivity contribution in [1.29, 1.82) is 0 Å². The summed E-state index contributed by atoms with van der Waals surface area (Å²) in [4.78, 5) is 21.7. The third-order valence-corrected chi connectivity index (χ3v) is 5.54. The molecule has 0 fully saturated rings. The van der Waals surface area contributed by atoms with Crippen LogP contribution < -0.4 is 9.80 Å². The van der Waals surface area contributed by atoms with Gasteiger partial charge in [0.05, 0.1) is 0 Å². The predicted octanol–water partition coefficient (Wildman–Crippen LogP) is 7.89. The summed E-state index contributed by atoms with van der Waals surface area (Å²) < 4.78 is 0. The molecule has 0 spiro atoms. The van der Waals surface area contributed by atoms with Crippen molar-refractivity contribution >= 4 is 34.6 Å². The number of aromatic nitrogens is 4. The Labute approximate surface area is 222 Å². The standard InChI is InChI=1S/2C16H13N3/c2*1-2-8-14(9-3-1)19(15-10-4-6-12-17-15)16-11-5-7-13-18-16/h2*1-13H. The summed E-state index contributed by atoms with van der Waals surface area (Å²) in [7, 11) is 0. The van der Waals surface area contributed by atoms with Crippen LogP contribution in [0.3, 0.4) is 0 Å². The summed E-state index contributed by atoms with van der Waals surface area (Å²) in [5, 5.41) is 0. The van der Waals surface area contributed by atoms with Crippen molar-refractivity contribution in [2.24, 2.45) is 0 Å². The van der Waals surface area contributed by atoms with Gasteiger partial charge in [0.25, 0.3) is 0 Å². The molecular formula is C32H26N6. The van der Waals surface area contributed by atoms with Crippen LogP contribution in [-0.4, -0.2) is 19.9 Å². The lowest BCUT2D eigenvalue weighted by Gasteiger charge is -2.22. The molecule has 0 radical (unpaired) electrons. The maximum Gasteiger partial charge on any atom is 0.138 e. The van der Waals surface area contributed by atoms with Gasteiger partial charge in [-0.25, -0.2) is 19.9 Å². The molecule has 0 saturated heterocycles. The number of rotatable bonds is 6. The van der Waals surface area contributed by atoms with Gasteiger partial charge >= 0.3 is 0 Å². The molecule has 4 aromatic heterocycles. The summed E-state index contributed by atoms with van der Waals surface area (Å²) in [5.74, 6) is 3.42. The number of para-hydroxylation sites is 2. The van der Waals surface area contributed by atoms with Gasteiger partial charge in [-0.2, -0.15) is 0 Å². The largest absolute Gasteiger partial charge is 0.279 e. The fourth-order valence-corrected chi connectivity index (χ4v) is 3.86. The Morgan fingerprint density at radius 3 is 0.789 bits per heavy atom. The van der Waals surface area contributed by atoms with E-state index in [1.54, 1.807) is 24.8 Å².